The van der Waals surface area contributed by atoms with Crippen LogP contribution in [0, 0.1) is 0 Å². The Kier molecular flexibility index (Phi) is 13.7. The highest BCUT2D eigenvalue weighted by molar-refractivity contribution is 7.53. The lowest BCUT2D eigenvalue weighted by Gasteiger charge is -2.23. The fourth-order valence-electron chi connectivity index (χ4n) is 2.40. The Morgan fingerprint density at radius 1 is 0.966 bits per heavy atom. The van der Waals surface area contributed by atoms with Crippen molar-refractivity contribution in [2.24, 2.45) is 0 Å². The summed E-state index contributed by atoms with van der Waals surface area (Å²) in [4.78, 5) is 17.8. The van der Waals surface area contributed by atoms with Gasteiger partial charge >= 0.3 is 13.7 Å². The standard InChI is InChI=1S/C21H36NO6P/c1-4-7-16-27-29(24,28-17-8-5-2)18-12-15-22(21(23)25-6-3)26-19-20-13-10-9-11-14-20/h9-11,13-14H,4-8,12,15-19H2,1-3H3. The number of unbranched alkanes of at least 4 members (excludes halogenated alkanes) is 2. The molecule has 1 aromatic carbocycles. The number of ether oxygens (including phenoxy) is 1. The number of carbonyl (C=O) groups excluding carboxylic acids is 1. The van der Waals surface area contributed by atoms with Crippen LogP contribution < -0.4 is 0 Å². The quantitative estimate of drug-likeness (QED) is 0.188. The molecule has 0 N–H and O–H groups in total. The van der Waals surface area contributed by atoms with E-state index in [-0.39, 0.29) is 25.9 Å². The lowest BCUT2D eigenvalue weighted by molar-refractivity contribution is -0.145. The molecule has 166 valence electrons. The third kappa shape index (κ3) is 11.4. The zero-order valence-electron chi connectivity index (χ0n) is 18.0. The predicted molar refractivity (Wildman–Crippen MR) is 114 cm³/mol. The SMILES string of the molecule is CCCCOP(=O)(CCCN(OCc1ccccc1)C(=O)OCC)OCCCC. The summed E-state index contributed by atoms with van der Waals surface area (Å²) in [5.41, 5.74) is 0.943. The Morgan fingerprint density at radius 2 is 1.59 bits per heavy atom. The zero-order chi connectivity index (χ0) is 21.4. The van der Waals surface area contributed by atoms with E-state index in [1.54, 1.807) is 6.92 Å². The van der Waals surface area contributed by atoms with Crippen LogP contribution in [0.1, 0.15) is 58.4 Å². The van der Waals surface area contributed by atoms with Gasteiger partial charge < -0.3 is 13.8 Å². The van der Waals surface area contributed by atoms with E-state index in [9.17, 15) is 9.36 Å². The molecule has 0 aliphatic carbocycles. The summed E-state index contributed by atoms with van der Waals surface area (Å²) in [7, 11) is -3.19. The number of amides is 1. The van der Waals surface area contributed by atoms with Crippen molar-refractivity contribution in [3.63, 3.8) is 0 Å². The maximum absolute atomic E-state index is 13.0. The number of hydrogen-bond donors (Lipinski definition) is 0. The van der Waals surface area contributed by atoms with Crippen LogP contribution in [0.3, 0.4) is 0 Å². The van der Waals surface area contributed by atoms with Crippen LogP contribution in [0.5, 0.6) is 0 Å². The van der Waals surface area contributed by atoms with E-state index in [0.717, 1.165) is 31.2 Å². The van der Waals surface area contributed by atoms with E-state index in [1.807, 2.05) is 44.2 Å². The Labute approximate surface area is 175 Å². The number of benzene rings is 1. The molecule has 0 bridgehead atoms. The Morgan fingerprint density at radius 3 is 2.14 bits per heavy atom. The highest BCUT2D eigenvalue weighted by Crippen LogP contribution is 2.49. The summed E-state index contributed by atoms with van der Waals surface area (Å²) in [6.45, 7) is 7.40. The highest BCUT2D eigenvalue weighted by atomic mass is 31.2. The molecule has 0 heterocycles. The molecule has 0 radical (unpaired) electrons. The molecule has 8 heteroatoms. The number of hydrogen-bond acceptors (Lipinski definition) is 6. The van der Waals surface area contributed by atoms with Crippen molar-refractivity contribution >= 4 is 13.7 Å². The molecule has 0 spiro atoms. The van der Waals surface area contributed by atoms with E-state index in [0.29, 0.717) is 19.6 Å². The average molecular weight is 429 g/mol. The van der Waals surface area contributed by atoms with Gasteiger partial charge in [-0.2, -0.15) is 5.06 Å². The van der Waals surface area contributed by atoms with Crippen LogP contribution in [0.4, 0.5) is 4.79 Å². The molecule has 0 aliphatic heterocycles. The molecule has 0 unspecified atom stereocenters. The minimum absolute atomic E-state index is 0.227. The molecule has 1 aromatic rings. The highest BCUT2D eigenvalue weighted by Gasteiger charge is 2.25. The second-order valence-corrected chi connectivity index (χ2v) is 8.81. The van der Waals surface area contributed by atoms with Gasteiger partial charge in [-0.15, -0.1) is 0 Å². The normalized spacial score (nSPS) is 11.4. The van der Waals surface area contributed by atoms with Crippen LogP contribution >= 0.6 is 7.60 Å². The lowest BCUT2D eigenvalue weighted by atomic mass is 10.2. The molecule has 7 nitrogen and oxygen atoms in total. The topological polar surface area (TPSA) is 74.3 Å². The molecule has 0 saturated carbocycles. The largest absolute Gasteiger partial charge is 0.448 e. The van der Waals surface area contributed by atoms with Gasteiger partial charge in [-0.3, -0.25) is 9.40 Å². The van der Waals surface area contributed by atoms with Gasteiger partial charge in [0.15, 0.2) is 0 Å². The van der Waals surface area contributed by atoms with Gasteiger partial charge in [0, 0.05) is 0 Å². The molecule has 0 atom stereocenters. The minimum atomic E-state index is -3.19. The van der Waals surface area contributed by atoms with Crippen LogP contribution in [0.25, 0.3) is 0 Å². The van der Waals surface area contributed by atoms with Gasteiger partial charge in [-0.25, -0.2) is 4.79 Å². The lowest BCUT2D eigenvalue weighted by Crippen LogP contribution is -2.33. The first kappa shape index (κ1) is 25.6. The molecule has 0 aromatic heterocycles. The first-order valence-corrected chi connectivity index (χ1v) is 12.3. The van der Waals surface area contributed by atoms with Gasteiger partial charge in [-0.1, -0.05) is 57.0 Å². The van der Waals surface area contributed by atoms with Crippen molar-refractivity contribution in [3.8, 4) is 0 Å². The molecule has 1 rings (SSSR count). The smallest absolute Gasteiger partial charge is 0.433 e. The fourth-order valence-corrected chi connectivity index (χ4v) is 4.08. The first-order valence-electron chi connectivity index (χ1n) is 10.5. The van der Waals surface area contributed by atoms with Gasteiger partial charge in [0.05, 0.1) is 32.5 Å². The molecule has 0 aliphatic rings. The monoisotopic (exact) mass is 429 g/mol. The number of carbonyl (C=O) groups is 1. The number of nitrogens with zero attached hydrogens (tertiary/aromatic N) is 1. The Balaban J connectivity index is 2.60. The summed E-state index contributed by atoms with van der Waals surface area (Å²) in [5, 5.41) is 1.18. The van der Waals surface area contributed by atoms with Gasteiger partial charge in [0.2, 0.25) is 0 Å². The van der Waals surface area contributed by atoms with Crippen LogP contribution in [0.2, 0.25) is 0 Å². The molecule has 0 fully saturated rings. The average Bonchev–Trinajstić information content (AvgIpc) is 2.72. The van der Waals surface area contributed by atoms with E-state index in [2.05, 4.69) is 0 Å². The maximum Gasteiger partial charge on any atom is 0.433 e. The van der Waals surface area contributed by atoms with E-state index in [4.69, 9.17) is 18.6 Å². The van der Waals surface area contributed by atoms with Crippen molar-refractivity contribution in [2.45, 2.75) is 59.5 Å². The van der Waals surface area contributed by atoms with E-state index in [1.165, 1.54) is 5.06 Å². The van der Waals surface area contributed by atoms with Crippen LogP contribution in [0.15, 0.2) is 30.3 Å². The van der Waals surface area contributed by atoms with E-state index < -0.39 is 13.7 Å². The van der Waals surface area contributed by atoms with E-state index >= 15 is 0 Å². The molecular formula is C21H36NO6P. The fraction of sp³-hybridized carbons (Fsp3) is 0.667. The van der Waals surface area contributed by atoms with Crippen molar-refractivity contribution in [3.05, 3.63) is 35.9 Å². The summed E-state index contributed by atoms with van der Waals surface area (Å²) < 4.78 is 29.3. The van der Waals surface area contributed by atoms with Gasteiger partial charge in [0.1, 0.15) is 6.61 Å². The first-order chi connectivity index (χ1) is 14.0. The molecule has 0 saturated heterocycles. The van der Waals surface area contributed by atoms with Crippen LogP contribution in [-0.2, 0) is 29.8 Å². The van der Waals surface area contributed by atoms with Crippen molar-refractivity contribution in [1.29, 1.82) is 0 Å². The second-order valence-electron chi connectivity index (χ2n) is 6.62. The third-order valence-electron chi connectivity index (χ3n) is 4.07. The second kappa shape index (κ2) is 15.4. The Bertz CT molecular complexity index is 584. The number of hydroxylamine groups is 2. The summed E-state index contributed by atoms with van der Waals surface area (Å²) in [6.07, 6.45) is 3.66. The van der Waals surface area contributed by atoms with Gasteiger partial charge in [0.25, 0.3) is 0 Å². The van der Waals surface area contributed by atoms with Gasteiger partial charge in [-0.05, 0) is 31.7 Å². The summed E-state index contributed by atoms with van der Waals surface area (Å²) in [5.74, 6) is 0. The maximum atomic E-state index is 13.0. The minimum Gasteiger partial charge on any atom is -0.448 e. The molecular weight excluding hydrogens is 393 g/mol. The summed E-state index contributed by atoms with van der Waals surface area (Å²) in [6, 6.07) is 9.57. The Hall–Kier alpha value is -1.40. The third-order valence-corrected chi connectivity index (χ3v) is 6.08. The van der Waals surface area contributed by atoms with Crippen molar-refractivity contribution < 1.29 is 28.0 Å². The van der Waals surface area contributed by atoms with Crippen molar-refractivity contribution in [2.75, 3.05) is 32.5 Å². The van der Waals surface area contributed by atoms with Crippen LogP contribution in [-0.4, -0.2) is 43.7 Å². The molecule has 29 heavy (non-hydrogen) atoms. The molecule has 1 amide bonds. The predicted octanol–water partition coefficient (Wildman–Crippen LogP) is 5.79. The number of rotatable bonds is 16. The zero-order valence-corrected chi connectivity index (χ0v) is 18.9. The van der Waals surface area contributed by atoms with Crippen molar-refractivity contribution in [1.82, 2.24) is 5.06 Å². The summed E-state index contributed by atoms with van der Waals surface area (Å²) >= 11 is 0.